The first kappa shape index (κ1) is 22.0. The van der Waals surface area contributed by atoms with Crippen molar-refractivity contribution in [2.75, 3.05) is 5.32 Å². The van der Waals surface area contributed by atoms with Crippen molar-refractivity contribution in [3.8, 4) is 0 Å². The first-order valence-electron chi connectivity index (χ1n) is 9.93. The monoisotopic (exact) mass is 466 g/mol. The summed E-state index contributed by atoms with van der Waals surface area (Å²) in [4.78, 5) is 28.8. The number of thiazole rings is 1. The van der Waals surface area contributed by atoms with Crippen molar-refractivity contribution in [2.45, 2.75) is 36.5 Å². The highest BCUT2D eigenvalue weighted by molar-refractivity contribution is 8.00. The average molecular weight is 467 g/mol. The van der Waals surface area contributed by atoms with Crippen LogP contribution in [0.4, 0.5) is 5.69 Å². The molecule has 2 aromatic carbocycles. The van der Waals surface area contributed by atoms with Crippen LogP contribution < -0.4 is 10.6 Å². The quantitative estimate of drug-likeness (QED) is 0.298. The molecule has 0 aliphatic carbocycles. The lowest BCUT2D eigenvalue weighted by Gasteiger charge is -2.17. The molecule has 1 unspecified atom stereocenters. The van der Waals surface area contributed by atoms with Crippen LogP contribution in [0.25, 0.3) is 21.3 Å². The van der Waals surface area contributed by atoms with Crippen molar-refractivity contribution in [1.82, 2.24) is 25.3 Å². The number of aromatic nitrogens is 4. The van der Waals surface area contributed by atoms with Gasteiger partial charge in [-0.2, -0.15) is 0 Å². The van der Waals surface area contributed by atoms with Crippen molar-refractivity contribution in [3.05, 3.63) is 54.6 Å². The Morgan fingerprint density at radius 2 is 2.00 bits per heavy atom. The summed E-state index contributed by atoms with van der Waals surface area (Å²) in [7, 11) is 0. The number of nitrogens with one attached hydrogen (secondary N) is 2. The van der Waals surface area contributed by atoms with Gasteiger partial charge in [0.1, 0.15) is 11.6 Å². The van der Waals surface area contributed by atoms with Crippen LogP contribution in [0.2, 0.25) is 0 Å². The van der Waals surface area contributed by atoms with Gasteiger partial charge in [-0.3, -0.25) is 9.59 Å². The number of anilines is 1. The van der Waals surface area contributed by atoms with Gasteiger partial charge in [-0.1, -0.05) is 34.7 Å². The summed E-state index contributed by atoms with van der Waals surface area (Å²) in [6.45, 7) is 7.06. The lowest BCUT2D eigenvalue weighted by Crippen LogP contribution is -2.43. The van der Waals surface area contributed by atoms with Crippen molar-refractivity contribution < 1.29 is 9.59 Å². The average Bonchev–Trinajstić information content (AvgIpc) is 3.34. The molecule has 0 saturated carbocycles. The molecule has 1 atom stereocenters. The van der Waals surface area contributed by atoms with Crippen LogP contribution in [0.3, 0.4) is 0 Å². The van der Waals surface area contributed by atoms with E-state index < -0.39 is 6.04 Å². The Kier molecular flexibility index (Phi) is 6.52. The van der Waals surface area contributed by atoms with E-state index in [0.29, 0.717) is 18.0 Å². The van der Waals surface area contributed by atoms with Crippen LogP contribution in [0, 0.1) is 0 Å². The van der Waals surface area contributed by atoms with Gasteiger partial charge < -0.3 is 10.6 Å². The van der Waals surface area contributed by atoms with Crippen LogP contribution in [0.1, 0.15) is 20.3 Å². The summed E-state index contributed by atoms with van der Waals surface area (Å²) in [5.74, 6) is 0.0642. The zero-order valence-corrected chi connectivity index (χ0v) is 19.3. The van der Waals surface area contributed by atoms with Crippen LogP contribution in [-0.4, -0.2) is 37.8 Å². The van der Waals surface area contributed by atoms with Crippen molar-refractivity contribution in [1.29, 1.82) is 0 Å². The topological polar surface area (TPSA) is 102 Å². The molecule has 0 radical (unpaired) electrons. The highest BCUT2D eigenvalue weighted by Gasteiger charge is 2.20. The highest BCUT2D eigenvalue weighted by atomic mass is 32.2. The predicted octanol–water partition coefficient (Wildman–Crippen LogP) is 4.20. The molecule has 0 spiro atoms. The van der Waals surface area contributed by atoms with Gasteiger partial charge in [-0.15, -0.1) is 23.0 Å². The third-order valence-electron chi connectivity index (χ3n) is 4.61. The number of nitrogens with zero attached hydrogens (tertiary/aromatic N) is 4. The van der Waals surface area contributed by atoms with E-state index in [1.54, 1.807) is 23.1 Å². The third kappa shape index (κ3) is 5.14. The lowest BCUT2D eigenvalue weighted by molar-refractivity contribution is -0.125. The molecule has 2 aromatic heterocycles. The van der Waals surface area contributed by atoms with E-state index in [0.717, 1.165) is 31.2 Å². The van der Waals surface area contributed by atoms with Crippen LogP contribution in [-0.2, 0) is 15.5 Å². The zero-order chi connectivity index (χ0) is 22.7. The number of amides is 2. The molecule has 4 rings (SSSR count). The van der Waals surface area contributed by atoms with Gasteiger partial charge in [0.25, 0.3) is 0 Å². The van der Waals surface area contributed by atoms with E-state index in [2.05, 4.69) is 32.5 Å². The minimum absolute atomic E-state index is 0.258. The summed E-state index contributed by atoms with van der Waals surface area (Å²) >= 11 is 3.13. The maximum Gasteiger partial charge on any atom is 0.247 e. The number of carbonyl (C=O) groups excluding carboxylic acids is 2. The highest BCUT2D eigenvalue weighted by Crippen LogP contribution is 2.32. The molecule has 8 nitrogen and oxygen atoms in total. The molecule has 0 saturated heterocycles. The molecule has 0 bridgehead atoms. The molecule has 0 fully saturated rings. The van der Waals surface area contributed by atoms with Gasteiger partial charge in [-0.05, 0) is 43.7 Å². The van der Waals surface area contributed by atoms with Gasteiger partial charge in [0.15, 0.2) is 4.34 Å². The van der Waals surface area contributed by atoms with Gasteiger partial charge in [-0.25, -0.2) is 9.67 Å². The zero-order valence-electron chi connectivity index (χ0n) is 17.7. The fourth-order valence-electron chi connectivity index (χ4n) is 3.20. The Morgan fingerprint density at radius 3 is 2.78 bits per heavy atom. The molecule has 164 valence electrons. The summed E-state index contributed by atoms with van der Waals surface area (Å²) in [6.07, 6.45) is 0.381. The molecule has 2 amide bonds. The van der Waals surface area contributed by atoms with E-state index in [-0.39, 0.29) is 11.8 Å². The summed E-state index contributed by atoms with van der Waals surface area (Å²) in [5.41, 5.74) is 4.18. The van der Waals surface area contributed by atoms with Crippen molar-refractivity contribution >= 4 is 61.9 Å². The van der Waals surface area contributed by atoms with Crippen LogP contribution in [0.15, 0.2) is 59.0 Å². The Labute approximate surface area is 193 Å². The Bertz CT molecular complexity index is 1300. The largest absolute Gasteiger partial charge is 0.344 e. The standard InChI is InChI=1S/C22H22N6O2S2/c1-13(2)10-18(23-14(3)29)21(30)24-15-8-9-17-20(11-15)32-22(25-17)31-12-28-19-7-5-4-6-16(19)26-27-28/h4-9,11,18H,1,10,12H2,2-3H3,(H,23,29)(H,24,30). The van der Waals surface area contributed by atoms with Crippen LogP contribution >= 0.6 is 23.1 Å². The third-order valence-corrected chi connectivity index (χ3v) is 6.74. The number of thioether (sulfide) groups is 1. The molecule has 2 heterocycles. The SMILES string of the molecule is C=C(C)CC(NC(C)=O)C(=O)Nc1ccc2nc(SCn3nnc4ccccc43)sc2c1. The second-order valence-electron chi connectivity index (χ2n) is 7.42. The number of hydrogen-bond acceptors (Lipinski definition) is 7. The first-order chi connectivity index (χ1) is 15.4. The van der Waals surface area contributed by atoms with Gasteiger partial charge in [0, 0.05) is 12.6 Å². The second-order valence-corrected chi connectivity index (χ2v) is 9.64. The molecule has 0 aliphatic heterocycles. The van der Waals surface area contributed by atoms with E-state index in [9.17, 15) is 9.59 Å². The van der Waals surface area contributed by atoms with Gasteiger partial charge in [0.2, 0.25) is 11.8 Å². The normalized spacial score (nSPS) is 12.1. The fourth-order valence-corrected chi connectivity index (χ4v) is 5.19. The number of carbonyl (C=O) groups is 2. The number of fused-ring (bicyclic) bond motifs is 2. The van der Waals surface area contributed by atoms with Gasteiger partial charge in [0.05, 0.1) is 21.6 Å². The summed E-state index contributed by atoms with van der Waals surface area (Å²) in [5, 5.41) is 13.9. The van der Waals surface area contributed by atoms with Gasteiger partial charge >= 0.3 is 0 Å². The maximum atomic E-state index is 12.7. The molecule has 10 heteroatoms. The van der Waals surface area contributed by atoms with E-state index in [4.69, 9.17) is 0 Å². The van der Waals surface area contributed by atoms with E-state index in [1.165, 1.54) is 6.92 Å². The maximum absolute atomic E-state index is 12.7. The van der Waals surface area contributed by atoms with Crippen molar-refractivity contribution in [3.63, 3.8) is 0 Å². The van der Waals surface area contributed by atoms with E-state index in [1.807, 2.05) is 54.1 Å². The molecular formula is C22H22N6O2S2. The molecule has 2 N–H and O–H groups in total. The molecule has 4 aromatic rings. The summed E-state index contributed by atoms with van der Waals surface area (Å²) < 4.78 is 3.72. The number of hydrogen-bond donors (Lipinski definition) is 2. The fraction of sp³-hybridized carbons (Fsp3) is 0.227. The first-order valence-corrected chi connectivity index (χ1v) is 11.7. The smallest absolute Gasteiger partial charge is 0.247 e. The molecular weight excluding hydrogens is 444 g/mol. The molecule has 0 aliphatic rings. The Balaban J connectivity index is 1.45. The molecule has 32 heavy (non-hydrogen) atoms. The summed E-state index contributed by atoms with van der Waals surface area (Å²) in [6, 6.07) is 12.8. The van der Waals surface area contributed by atoms with E-state index >= 15 is 0 Å². The predicted molar refractivity (Wildman–Crippen MR) is 129 cm³/mol. The minimum Gasteiger partial charge on any atom is -0.344 e. The lowest BCUT2D eigenvalue weighted by atomic mass is 10.1. The minimum atomic E-state index is -0.661. The number of rotatable bonds is 8. The number of para-hydroxylation sites is 1. The van der Waals surface area contributed by atoms with Crippen molar-refractivity contribution in [2.24, 2.45) is 0 Å². The van der Waals surface area contributed by atoms with Crippen LogP contribution in [0.5, 0.6) is 0 Å². The second kappa shape index (κ2) is 9.49. The Hall–Kier alpha value is -3.24. The Morgan fingerprint density at radius 1 is 1.19 bits per heavy atom. The number of benzene rings is 2.